The maximum absolute atomic E-state index is 10.7. The average Bonchev–Trinajstić information content (AvgIpc) is 3.30. The molecule has 45 heavy (non-hydrogen) atoms. The standard InChI is InChI=1S/C16H23N3.C14H16.C2H7N3.F6P/c1-18-15(13-9-5-3-6-10-13)16(19(2)17-18)14-11-7-4-8-12-14;1-3-7-13(8-4-1)11-12-14-9-5-2-6-10-14;1-3-5-4-2;1-7(2,3,4,5)6/h3,5-6,9-10,14,17H,4,7-8,11-12H2,1-2H3;1,3-4,7-8,14H,2,5-6,9-10H2;1-2H3,(H,3,4);/q;;;-1. The van der Waals surface area contributed by atoms with E-state index in [0.29, 0.717) is 11.8 Å². The molecule has 2 aromatic rings. The molecule has 0 bridgehead atoms. The summed E-state index contributed by atoms with van der Waals surface area (Å²) in [5.41, 5.74) is 11.1. The monoisotopic (exact) mass is 659 g/mol. The van der Waals surface area contributed by atoms with Crippen LogP contribution in [0.4, 0.5) is 25.2 Å². The summed E-state index contributed by atoms with van der Waals surface area (Å²) in [6.07, 6.45) is 13.5. The predicted molar refractivity (Wildman–Crippen MR) is 172 cm³/mol. The average molecular weight is 660 g/mol. The second-order valence-corrected chi connectivity index (χ2v) is 13.0. The summed E-state index contributed by atoms with van der Waals surface area (Å²) < 4.78 is 59.2. The van der Waals surface area contributed by atoms with Gasteiger partial charge in [-0.05, 0) is 37.8 Å². The molecule has 0 radical (unpaired) electrons. The van der Waals surface area contributed by atoms with Gasteiger partial charge in [-0.15, -0.1) is 5.53 Å². The van der Waals surface area contributed by atoms with Crippen molar-refractivity contribution >= 4 is 13.5 Å². The number of benzene rings is 2. The van der Waals surface area contributed by atoms with E-state index in [1.54, 1.807) is 14.1 Å². The molecule has 1 heterocycles. The zero-order valence-corrected chi connectivity index (χ0v) is 27.4. The minimum atomic E-state index is -10.7. The summed E-state index contributed by atoms with van der Waals surface area (Å²) in [4.78, 5) is 0. The molecule has 252 valence electrons. The first-order valence-electron chi connectivity index (χ1n) is 15.2. The third-order valence-electron chi connectivity index (χ3n) is 7.28. The number of allylic oxidation sites excluding steroid dienone is 1. The van der Waals surface area contributed by atoms with Gasteiger partial charge < -0.3 is 0 Å². The van der Waals surface area contributed by atoms with Gasteiger partial charge in [0.15, 0.2) is 0 Å². The van der Waals surface area contributed by atoms with Gasteiger partial charge in [0.2, 0.25) is 0 Å². The van der Waals surface area contributed by atoms with Crippen LogP contribution in [0.25, 0.3) is 5.70 Å². The second kappa shape index (κ2) is 16.9. The summed E-state index contributed by atoms with van der Waals surface area (Å²) in [5.74, 6) is 8.01. The zero-order chi connectivity index (χ0) is 33.4. The van der Waals surface area contributed by atoms with Crippen molar-refractivity contribution in [3.8, 4) is 11.8 Å². The van der Waals surface area contributed by atoms with Crippen LogP contribution in [-0.4, -0.2) is 38.2 Å². The van der Waals surface area contributed by atoms with E-state index in [1.807, 2.05) is 18.2 Å². The molecule has 0 spiro atoms. The molecule has 2 N–H and O–H groups in total. The molecule has 1 aliphatic heterocycles. The number of nitrogens with one attached hydrogen (secondary N) is 2. The molecule has 0 unspecified atom stereocenters. The van der Waals surface area contributed by atoms with Crippen LogP contribution in [0.15, 0.2) is 76.7 Å². The number of nitrogens with zero attached hydrogens (tertiary/aromatic N) is 4. The Morgan fingerprint density at radius 2 is 1.24 bits per heavy atom. The maximum atomic E-state index is 9.87. The molecule has 2 saturated carbocycles. The first-order valence-corrected chi connectivity index (χ1v) is 17.2. The Kier molecular flexibility index (Phi) is 14.2. The van der Waals surface area contributed by atoms with Gasteiger partial charge in [0.05, 0.1) is 18.4 Å². The van der Waals surface area contributed by atoms with E-state index in [1.165, 1.54) is 81.2 Å². The molecular weight excluding hydrogens is 613 g/mol. The van der Waals surface area contributed by atoms with E-state index in [9.17, 15) is 25.2 Å². The molecular formula is C32H46F6N6P-. The molecule has 0 amide bonds. The number of rotatable bonds is 3. The van der Waals surface area contributed by atoms with E-state index in [4.69, 9.17) is 0 Å². The first-order chi connectivity index (χ1) is 21.1. The van der Waals surface area contributed by atoms with Crippen molar-refractivity contribution < 1.29 is 25.2 Å². The first kappa shape index (κ1) is 37.9. The Balaban J connectivity index is 0.000000238. The fourth-order valence-electron chi connectivity index (χ4n) is 5.49. The van der Waals surface area contributed by atoms with Crippen LogP contribution in [0.2, 0.25) is 0 Å². The predicted octanol–water partition coefficient (Wildman–Crippen LogP) is 10.4. The summed E-state index contributed by atoms with van der Waals surface area (Å²) in [5, 5.41) is 11.1. The molecule has 0 aromatic heterocycles. The van der Waals surface area contributed by atoms with Gasteiger partial charge in [-0.2, -0.15) is 5.11 Å². The summed E-state index contributed by atoms with van der Waals surface area (Å²) in [6, 6.07) is 21.0. The minimum absolute atomic E-state index is 0.656. The summed E-state index contributed by atoms with van der Waals surface area (Å²) in [6.45, 7) is 0. The van der Waals surface area contributed by atoms with Crippen molar-refractivity contribution in [2.45, 2.75) is 64.2 Å². The summed E-state index contributed by atoms with van der Waals surface area (Å²) in [7, 11) is -3.11. The van der Waals surface area contributed by atoms with Gasteiger partial charge in [0.25, 0.3) is 0 Å². The number of hydrogen-bond donors (Lipinski definition) is 2. The fraction of sp³-hybridized carbons (Fsp3) is 0.500. The van der Waals surface area contributed by atoms with Gasteiger partial charge >= 0.3 is 33.0 Å². The molecule has 5 rings (SSSR count). The molecule has 2 fully saturated rings. The van der Waals surface area contributed by atoms with E-state index in [0.717, 1.165) is 5.56 Å². The van der Waals surface area contributed by atoms with Crippen LogP contribution in [0.1, 0.15) is 75.3 Å². The molecule has 0 atom stereocenters. The van der Waals surface area contributed by atoms with Crippen molar-refractivity contribution in [3.05, 3.63) is 77.5 Å². The third-order valence-corrected chi connectivity index (χ3v) is 7.28. The van der Waals surface area contributed by atoms with E-state index in [2.05, 4.69) is 99.7 Å². The molecule has 6 nitrogen and oxygen atoms in total. The van der Waals surface area contributed by atoms with Crippen LogP contribution in [0.5, 0.6) is 0 Å². The number of hydrazine groups is 2. The van der Waals surface area contributed by atoms with E-state index in [-0.39, 0.29) is 0 Å². The third kappa shape index (κ3) is 17.1. The molecule has 2 aromatic carbocycles. The van der Waals surface area contributed by atoms with Crippen molar-refractivity contribution in [2.24, 2.45) is 22.2 Å². The second-order valence-electron chi connectivity index (χ2n) is 11.1. The van der Waals surface area contributed by atoms with Crippen molar-refractivity contribution in [1.29, 1.82) is 0 Å². The quantitative estimate of drug-likeness (QED) is 0.113. The van der Waals surface area contributed by atoms with Gasteiger partial charge in [-0.25, -0.2) is 0 Å². The van der Waals surface area contributed by atoms with Crippen molar-refractivity contribution in [2.75, 3.05) is 28.2 Å². The van der Waals surface area contributed by atoms with Gasteiger partial charge in [-0.3, -0.25) is 15.4 Å². The Labute approximate surface area is 263 Å². The fourth-order valence-corrected chi connectivity index (χ4v) is 5.49. The Morgan fingerprint density at radius 3 is 1.71 bits per heavy atom. The summed E-state index contributed by atoms with van der Waals surface area (Å²) >= 11 is 0. The topological polar surface area (TPSA) is 55.3 Å². The van der Waals surface area contributed by atoms with Gasteiger partial charge in [0.1, 0.15) is 0 Å². The molecule has 3 aliphatic rings. The van der Waals surface area contributed by atoms with Crippen molar-refractivity contribution in [3.63, 3.8) is 0 Å². The van der Waals surface area contributed by atoms with Crippen molar-refractivity contribution in [1.82, 2.24) is 21.0 Å². The Morgan fingerprint density at radius 1 is 0.756 bits per heavy atom. The van der Waals surface area contributed by atoms with Crippen LogP contribution in [0.3, 0.4) is 0 Å². The molecule has 0 saturated heterocycles. The van der Waals surface area contributed by atoms with Crippen LogP contribution < -0.4 is 11.0 Å². The Hall–Kier alpha value is -3.29. The molecule has 2 aliphatic carbocycles. The zero-order valence-electron chi connectivity index (χ0n) is 26.5. The Bertz CT molecular complexity index is 1260. The molecule has 13 heteroatoms. The van der Waals surface area contributed by atoms with Gasteiger partial charge in [-0.1, -0.05) is 104 Å². The van der Waals surface area contributed by atoms with Gasteiger partial charge in [0, 0.05) is 44.1 Å². The van der Waals surface area contributed by atoms with Crippen LogP contribution in [0, 0.1) is 23.7 Å². The van der Waals surface area contributed by atoms with E-state index < -0.39 is 7.81 Å². The normalized spacial score (nSPS) is 19.0. The van der Waals surface area contributed by atoms with Crippen LogP contribution >= 0.6 is 7.81 Å². The van der Waals surface area contributed by atoms with E-state index >= 15 is 0 Å². The number of hydrogen-bond acceptors (Lipinski definition) is 5. The number of halogens is 6. The SMILES string of the molecule is C(#CC1CCCCC1)c1ccccc1.CN1NN(C)C(C2CCCCC2)=C1c1ccccc1.CN=NNC.F[P-](F)(F)(F)(F)F. The van der Waals surface area contributed by atoms with Crippen LogP contribution in [-0.2, 0) is 0 Å².